The van der Waals surface area contributed by atoms with Crippen LogP contribution in [0, 0.1) is 0 Å². The lowest BCUT2D eigenvalue weighted by molar-refractivity contribution is 0.458. The predicted molar refractivity (Wildman–Crippen MR) is 161 cm³/mol. The van der Waals surface area contributed by atoms with Gasteiger partial charge in [-0.15, -0.1) is 0 Å². The molecule has 0 fully saturated rings. The quantitative estimate of drug-likeness (QED) is 0.296. The number of fused-ring (bicyclic) bond motifs is 1. The average molecular weight is 605 g/mol. The number of hydrogen-bond donors (Lipinski definition) is 0. The molecule has 2 heterocycles. The molecule has 3 aromatic carbocycles. The number of halogens is 5. The van der Waals surface area contributed by atoms with Crippen LogP contribution in [0.15, 0.2) is 87.9 Å². The Morgan fingerprint density at radius 3 is 2.24 bits per heavy atom. The number of rotatable bonds is 3. The molecule has 3 aromatic rings. The minimum absolute atomic E-state index is 0.117. The lowest BCUT2D eigenvalue weighted by Crippen LogP contribution is -2.35. The van der Waals surface area contributed by atoms with Crippen molar-refractivity contribution in [2.75, 3.05) is 0 Å². The highest BCUT2D eigenvalue weighted by atomic mass is 35.5. The molecule has 3 aliphatic rings. The Hall–Kier alpha value is -1.85. The van der Waals surface area contributed by atoms with E-state index in [0.29, 0.717) is 25.1 Å². The molecule has 8 heteroatoms. The van der Waals surface area contributed by atoms with Gasteiger partial charge in [0.2, 0.25) is 0 Å². The molecule has 0 saturated heterocycles. The number of thioether (sulfide) groups is 1. The summed E-state index contributed by atoms with van der Waals surface area (Å²) in [5.74, 6) is 0. The lowest BCUT2D eigenvalue weighted by Gasteiger charge is -2.40. The fourth-order valence-electron chi connectivity index (χ4n) is 5.05. The molecule has 0 bridgehead atoms. The van der Waals surface area contributed by atoms with Crippen LogP contribution in [0.2, 0.25) is 25.1 Å². The first-order valence-corrected chi connectivity index (χ1v) is 14.5. The number of amidine groups is 1. The topological polar surface area (TPSA) is 15.6 Å². The van der Waals surface area contributed by atoms with Gasteiger partial charge in [0.05, 0.1) is 17.4 Å². The van der Waals surface area contributed by atoms with E-state index in [-0.39, 0.29) is 6.04 Å². The predicted octanol–water partition coefficient (Wildman–Crippen LogP) is 10.9. The highest BCUT2D eigenvalue weighted by Crippen LogP contribution is 2.52. The van der Waals surface area contributed by atoms with Crippen LogP contribution in [0.25, 0.3) is 11.8 Å². The first-order chi connectivity index (χ1) is 17.9. The van der Waals surface area contributed by atoms with Gasteiger partial charge in [-0.3, -0.25) is 0 Å². The van der Waals surface area contributed by atoms with Crippen molar-refractivity contribution < 1.29 is 0 Å². The van der Waals surface area contributed by atoms with Crippen molar-refractivity contribution in [3.63, 3.8) is 0 Å². The molecule has 0 N–H and O–H groups in total. The molecule has 6 rings (SSSR count). The Morgan fingerprint density at radius 2 is 1.51 bits per heavy atom. The molecular weight excluding hydrogens is 586 g/mol. The highest BCUT2D eigenvalue weighted by Gasteiger charge is 2.41. The van der Waals surface area contributed by atoms with E-state index in [1.807, 2.05) is 54.6 Å². The molecule has 37 heavy (non-hydrogen) atoms. The molecule has 0 spiro atoms. The molecule has 0 aromatic heterocycles. The highest BCUT2D eigenvalue weighted by molar-refractivity contribution is 8.16. The van der Waals surface area contributed by atoms with Crippen LogP contribution in [0.5, 0.6) is 0 Å². The van der Waals surface area contributed by atoms with Crippen LogP contribution >= 0.6 is 69.8 Å². The van der Waals surface area contributed by atoms with E-state index in [2.05, 4.69) is 16.4 Å². The SMILES string of the molecule is Clc1ccc(C2=CSC3=NC4=C(CCC/C4=C\c4ccc(Cl)cc4Cl)[C@@H](c4ccc(Cl)cc4Cl)N23)cc1. The van der Waals surface area contributed by atoms with Gasteiger partial charge in [0.1, 0.15) is 0 Å². The second kappa shape index (κ2) is 10.4. The first kappa shape index (κ1) is 25.4. The van der Waals surface area contributed by atoms with E-state index >= 15 is 0 Å². The van der Waals surface area contributed by atoms with E-state index < -0.39 is 0 Å². The number of nitrogens with zero attached hydrogens (tertiary/aromatic N) is 2. The maximum absolute atomic E-state index is 6.84. The van der Waals surface area contributed by atoms with Crippen LogP contribution in [0.1, 0.15) is 42.0 Å². The second-order valence-corrected chi connectivity index (χ2v) is 12.0. The van der Waals surface area contributed by atoms with Gasteiger partial charge in [-0.1, -0.05) is 94.0 Å². The summed E-state index contributed by atoms with van der Waals surface area (Å²) in [4.78, 5) is 7.50. The fraction of sp³-hybridized carbons (Fsp3) is 0.138. The van der Waals surface area contributed by atoms with Gasteiger partial charge >= 0.3 is 0 Å². The van der Waals surface area contributed by atoms with Crippen LogP contribution in [0.4, 0.5) is 0 Å². The summed E-state index contributed by atoms with van der Waals surface area (Å²) in [5.41, 5.74) is 7.47. The third kappa shape index (κ3) is 4.87. The maximum Gasteiger partial charge on any atom is 0.174 e. The van der Waals surface area contributed by atoms with E-state index in [0.717, 1.165) is 58.1 Å². The van der Waals surface area contributed by atoms with Crippen molar-refractivity contribution in [2.45, 2.75) is 25.3 Å². The van der Waals surface area contributed by atoms with E-state index in [4.69, 9.17) is 63.0 Å². The summed E-state index contributed by atoms with van der Waals surface area (Å²) >= 11 is 33.6. The van der Waals surface area contributed by atoms with Crippen molar-refractivity contribution in [2.24, 2.45) is 4.99 Å². The molecule has 2 nitrogen and oxygen atoms in total. The third-order valence-electron chi connectivity index (χ3n) is 6.73. The molecule has 0 radical (unpaired) electrons. The number of hydrogen-bond acceptors (Lipinski definition) is 3. The van der Waals surface area contributed by atoms with Crippen molar-refractivity contribution in [1.82, 2.24) is 4.90 Å². The van der Waals surface area contributed by atoms with Gasteiger partial charge < -0.3 is 4.90 Å². The summed E-state index contributed by atoms with van der Waals surface area (Å²) in [6, 6.07) is 19.1. The van der Waals surface area contributed by atoms with Gasteiger partial charge in [-0.25, -0.2) is 4.99 Å². The molecule has 0 amide bonds. The minimum atomic E-state index is -0.117. The van der Waals surface area contributed by atoms with E-state index in [1.165, 1.54) is 5.57 Å². The number of aliphatic imine (C=N–C) groups is 1. The first-order valence-electron chi connectivity index (χ1n) is 11.7. The Labute approximate surface area is 245 Å². The van der Waals surface area contributed by atoms with Crippen molar-refractivity contribution in [3.05, 3.63) is 125 Å². The standard InChI is InChI=1S/C29H19Cl5N2S/c30-19-7-4-16(5-8-19)26-15-37-29-35-27-18(12-17-6-9-20(31)13-24(17)33)2-1-3-23(27)28(36(26)29)22-11-10-21(32)14-25(22)34/h4-15,28H,1-3H2/b18-12+/t28-/m1/s1. The largest absolute Gasteiger partial charge is 0.308 e. The zero-order valence-corrected chi connectivity index (χ0v) is 23.9. The summed E-state index contributed by atoms with van der Waals surface area (Å²) in [5, 5.41) is 6.24. The van der Waals surface area contributed by atoms with E-state index in [1.54, 1.807) is 17.8 Å². The Morgan fingerprint density at radius 1 is 0.811 bits per heavy atom. The fourth-order valence-corrected chi connectivity index (χ4v) is 7.08. The summed E-state index contributed by atoms with van der Waals surface area (Å²) < 4.78 is 0. The van der Waals surface area contributed by atoms with Crippen molar-refractivity contribution in [3.8, 4) is 0 Å². The maximum atomic E-state index is 6.84. The number of allylic oxidation sites excluding steroid dienone is 1. The molecule has 186 valence electrons. The van der Waals surface area contributed by atoms with Gasteiger partial charge in [0.15, 0.2) is 5.17 Å². The zero-order valence-electron chi connectivity index (χ0n) is 19.3. The van der Waals surface area contributed by atoms with Crippen LogP contribution in [-0.2, 0) is 0 Å². The Balaban J connectivity index is 1.52. The number of benzene rings is 3. The van der Waals surface area contributed by atoms with Crippen LogP contribution < -0.4 is 0 Å². The van der Waals surface area contributed by atoms with Gasteiger partial charge in [0, 0.05) is 30.5 Å². The van der Waals surface area contributed by atoms with Gasteiger partial charge in [-0.05, 0) is 89.6 Å². The molecule has 1 aliphatic carbocycles. The molecule has 1 atom stereocenters. The third-order valence-corrected chi connectivity index (χ3v) is 8.94. The Bertz CT molecular complexity index is 1540. The monoisotopic (exact) mass is 602 g/mol. The van der Waals surface area contributed by atoms with Gasteiger partial charge in [-0.2, -0.15) is 0 Å². The molecule has 2 aliphatic heterocycles. The van der Waals surface area contributed by atoms with Crippen molar-refractivity contribution >= 4 is 86.7 Å². The normalized spacial score (nSPS) is 20.1. The second-order valence-electron chi connectivity index (χ2n) is 9.02. The molecule has 0 saturated carbocycles. The molecule has 0 unspecified atom stereocenters. The smallest absolute Gasteiger partial charge is 0.174 e. The zero-order chi connectivity index (χ0) is 25.7. The van der Waals surface area contributed by atoms with E-state index in [9.17, 15) is 0 Å². The van der Waals surface area contributed by atoms with Gasteiger partial charge in [0.25, 0.3) is 0 Å². The summed E-state index contributed by atoms with van der Waals surface area (Å²) in [6.45, 7) is 0. The van der Waals surface area contributed by atoms with Crippen molar-refractivity contribution in [1.29, 1.82) is 0 Å². The molecular formula is C29H19Cl5N2S. The van der Waals surface area contributed by atoms with Crippen LogP contribution in [0.3, 0.4) is 0 Å². The summed E-state index contributed by atoms with van der Waals surface area (Å²) in [7, 11) is 0. The lowest BCUT2D eigenvalue weighted by atomic mass is 9.82. The average Bonchev–Trinajstić information content (AvgIpc) is 3.29. The minimum Gasteiger partial charge on any atom is -0.308 e. The Kier molecular flexibility index (Phi) is 7.13. The van der Waals surface area contributed by atoms with Crippen LogP contribution in [-0.4, -0.2) is 10.1 Å². The summed E-state index contributed by atoms with van der Waals surface area (Å²) in [6.07, 6.45) is 4.97.